The number of oxazole rings is 1. The van der Waals surface area contributed by atoms with E-state index in [0.717, 1.165) is 11.1 Å². The summed E-state index contributed by atoms with van der Waals surface area (Å²) in [6.07, 6.45) is 2.54. The van der Waals surface area contributed by atoms with Crippen molar-refractivity contribution in [1.82, 2.24) is 4.98 Å². The van der Waals surface area contributed by atoms with Crippen LogP contribution in [0, 0.1) is 29.1 Å². The standard InChI is InChI=1S/C41H33N3O7/c1-41-29(38(47)44(40(41)49)24-8-4-3-5-9-24)21-28-26(35(41)23-14-19-33(50-2)31(45)20-23)17-18-27-34(28)39(48)43(37(27)46)25-15-12-22(13-16-25)36-42-30-10-6-7-11-32(30)51-36/h3-17,19-20,27-29,34-35,45H,18,21H2,1-2H3. The van der Waals surface area contributed by atoms with E-state index in [4.69, 9.17) is 9.15 Å². The number of carbonyl (C=O) groups is 4. The third-order valence-electron chi connectivity index (χ3n) is 11.5. The molecule has 6 atom stereocenters. The Kier molecular flexibility index (Phi) is 6.83. The van der Waals surface area contributed by atoms with Gasteiger partial charge >= 0.3 is 0 Å². The summed E-state index contributed by atoms with van der Waals surface area (Å²) >= 11 is 0. The number of nitrogens with zero attached hydrogens (tertiary/aromatic N) is 3. The number of aromatic hydroxyl groups is 1. The fourth-order valence-electron chi connectivity index (χ4n) is 9.11. The maximum Gasteiger partial charge on any atom is 0.241 e. The van der Waals surface area contributed by atoms with Crippen molar-refractivity contribution in [2.75, 3.05) is 16.9 Å². The van der Waals surface area contributed by atoms with Crippen LogP contribution in [0.3, 0.4) is 0 Å². The van der Waals surface area contributed by atoms with Crippen molar-refractivity contribution >= 4 is 46.1 Å². The van der Waals surface area contributed by atoms with Gasteiger partial charge < -0.3 is 14.3 Å². The largest absolute Gasteiger partial charge is 0.504 e. The molecule has 10 heteroatoms. The summed E-state index contributed by atoms with van der Waals surface area (Å²) in [4.78, 5) is 64.6. The minimum atomic E-state index is -1.21. The van der Waals surface area contributed by atoms with Crippen LogP contribution in [-0.4, -0.2) is 40.8 Å². The molecule has 0 bridgehead atoms. The number of amides is 4. The number of rotatable bonds is 5. The quantitative estimate of drug-likeness (QED) is 0.162. The topological polar surface area (TPSA) is 130 Å². The van der Waals surface area contributed by atoms with Crippen LogP contribution < -0.4 is 14.5 Å². The highest BCUT2D eigenvalue weighted by Gasteiger charge is 2.67. The third kappa shape index (κ3) is 4.38. The highest BCUT2D eigenvalue weighted by atomic mass is 16.5. The molecule has 0 radical (unpaired) electrons. The second-order valence-corrected chi connectivity index (χ2v) is 14.0. The van der Waals surface area contributed by atoms with Gasteiger partial charge in [-0.25, -0.2) is 9.88 Å². The van der Waals surface area contributed by atoms with Gasteiger partial charge in [0, 0.05) is 11.5 Å². The van der Waals surface area contributed by atoms with Gasteiger partial charge in [-0.1, -0.05) is 48.0 Å². The zero-order chi connectivity index (χ0) is 35.2. The van der Waals surface area contributed by atoms with Gasteiger partial charge in [0.1, 0.15) is 5.52 Å². The van der Waals surface area contributed by atoms with Crippen molar-refractivity contribution < 1.29 is 33.4 Å². The van der Waals surface area contributed by atoms with Crippen LogP contribution in [0.1, 0.15) is 31.2 Å². The summed E-state index contributed by atoms with van der Waals surface area (Å²) in [6, 6.07) is 28.4. The number of imide groups is 2. The van der Waals surface area contributed by atoms with E-state index < -0.39 is 35.0 Å². The van der Waals surface area contributed by atoms with Gasteiger partial charge in [-0.15, -0.1) is 0 Å². The Labute approximate surface area is 292 Å². The lowest BCUT2D eigenvalue weighted by atomic mass is 9.51. The van der Waals surface area contributed by atoms with E-state index in [2.05, 4.69) is 4.98 Å². The number of phenols is 1. The van der Waals surface area contributed by atoms with Crippen LogP contribution in [-0.2, 0) is 19.2 Å². The maximum atomic E-state index is 14.6. The van der Waals surface area contributed by atoms with Gasteiger partial charge in [0.25, 0.3) is 0 Å². The lowest BCUT2D eigenvalue weighted by Gasteiger charge is -2.49. The molecule has 0 spiro atoms. The Bertz CT molecular complexity index is 2280. The van der Waals surface area contributed by atoms with E-state index in [1.807, 2.05) is 43.3 Å². The fourth-order valence-corrected chi connectivity index (χ4v) is 9.11. The summed E-state index contributed by atoms with van der Waals surface area (Å²) < 4.78 is 11.2. The zero-order valence-electron chi connectivity index (χ0n) is 27.9. The summed E-state index contributed by atoms with van der Waals surface area (Å²) in [7, 11) is 1.46. The average Bonchev–Trinajstić information content (AvgIpc) is 3.75. The van der Waals surface area contributed by atoms with E-state index in [1.165, 1.54) is 16.9 Å². The molecule has 3 fully saturated rings. The second kappa shape index (κ2) is 11.2. The Morgan fingerprint density at radius 1 is 0.824 bits per heavy atom. The maximum absolute atomic E-state index is 14.6. The predicted octanol–water partition coefficient (Wildman–Crippen LogP) is 6.64. The summed E-state index contributed by atoms with van der Waals surface area (Å²) in [5.74, 6) is -3.90. The molecule has 1 saturated carbocycles. The molecule has 4 aliphatic rings. The number of allylic oxidation sites excluding steroid dienone is 2. The first kappa shape index (κ1) is 31.0. The summed E-state index contributed by atoms with van der Waals surface area (Å²) in [5, 5.41) is 10.9. The highest BCUT2D eigenvalue weighted by Crippen LogP contribution is 2.64. The van der Waals surface area contributed by atoms with Crippen LogP contribution >= 0.6 is 0 Å². The lowest BCUT2D eigenvalue weighted by Crippen LogP contribution is -2.48. The monoisotopic (exact) mass is 679 g/mol. The average molecular weight is 680 g/mol. The fraction of sp³-hybridized carbons (Fsp3) is 0.244. The molecule has 2 saturated heterocycles. The van der Waals surface area contributed by atoms with Crippen molar-refractivity contribution in [2.24, 2.45) is 29.1 Å². The van der Waals surface area contributed by atoms with Gasteiger partial charge in [0.2, 0.25) is 29.5 Å². The highest BCUT2D eigenvalue weighted by molar-refractivity contribution is 6.25. The minimum Gasteiger partial charge on any atom is -0.504 e. The van der Waals surface area contributed by atoms with Crippen LogP contribution in [0.15, 0.2) is 113 Å². The van der Waals surface area contributed by atoms with Crippen molar-refractivity contribution in [3.05, 3.63) is 114 Å². The van der Waals surface area contributed by atoms with Crippen molar-refractivity contribution in [3.63, 3.8) is 0 Å². The molecule has 2 aliphatic carbocycles. The van der Waals surface area contributed by atoms with Crippen LogP contribution in [0.5, 0.6) is 11.5 Å². The molecule has 1 N–H and O–H groups in total. The molecule has 10 nitrogen and oxygen atoms in total. The Morgan fingerprint density at radius 2 is 1.55 bits per heavy atom. The van der Waals surface area contributed by atoms with E-state index in [-0.39, 0.29) is 41.5 Å². The van der Waals surface area contributed by atoms with E-state index in [9.17, 15) is 24.3 Å². The predicted molar refractivity (Wildman–Crippen MR) is 188 cm³/mol. The number of methoxy groups -OCH3 is 1. The molecule has 51 heavy (non-hydrogen) atoms. The van der Waals surface area contributed by atoms with Gasteiger partial charge in [-0.2, -0.15) is 0 Å². The van der Waals surface area contributed by atoms with Crippen LogP contribution in [0.4, 0.5) is 11.4 Å². The molecule has 6 unspecified atom stereocenters. The molecule has 1 aromatic heterocycles. The second-order valence-electron chi connectivity index (χ2n) is 14.0. The smallest absolute Gasteiger partial charge is 0.241 e. The van der Waals surface area contributed by atoms with Crippen LogP contribution in [0.2, 0.25) is 0 Å². The zero-order valence-corrected chi connectivity index (χ0v) is 27.9. The first-order chi connectivity index (χ1) is 24.7. The third-order valence-corrected chi connectivity index (χ3v) is 11.5. The number of hydrogen-bond acceptors (Lipinski definition) is 8. The number of carbonyl (C=O) groups excluding carboxylic acids is 4. The molecular weight excluding hydrogens is 646 g/mol. The van der Waals surface area contributed by atoms with Crippen molar-refractivity contribution in [3.8, 4) is 23.0 Å². The van der Waals surface area contributed by atoms with Crippen LogP contribution in [0.25, 0.3) is 22.6 Å². The Hall–Kier alpha value is -6.03. The molecule has 5 aromatic rings. The van der Waals surface area contributed by atoms with Gasteiger partial charge in [-0.05, 0) is 91.9 Å². The molecule has 254 valence electrons. The van der Waals surface area contributed by atoms with Crippen molar-refractivity contribution in [1.29, 1.82) is 0 Å². The number of phenolic OH excluding ortho intramolecular Hbond substituents is 1. The van der Waals surface area contributed by atoms with Gasteiger partial charge in [0.05, 0.1) is 41.7 Å². The number of anilines is 2. The molecular formula is C41H33N3O7. The molecule has 4 aromatic carbocycles. The van der Waals surface area contributed by atoms with E-state index in [0.29, 0.717) is 40.4 Å². The van der Waals surface area contributed by atoms with E-state index >= 15 is 0 Å². The van der Waals surface area contributed by atoms with Crippen molar-refractivity contribution in [2.45, 2.75) is 25.7 Å². The van der Waals surface area contributed by atoms with Gasteiger partial charge in [-0.3, -0.25) is 24.1 Å². The number of fused-ring (bicyclic) bond motifs is 5. The SMILES string of the molecule is COc1ccc(C2C3=CCC4C(=O)N(c5ccc(-c6nc7ccccc7o6)cc5)C(=O)C4C3CC3C(=O)N(c4ccccc4)C(=O)C32C)cc1O. The Morgan fingerprint density at radius 3 is 2.27 bits per heavy atom. The summed E-state index contributed by atoms with van der Waals surface area (Å²) in [5.41, 5.74) is 3.29. The molecule has 3 heterocycles. The number of ether oxygens (including phenoxy) is 1. The van der Waals surface area contributed by atoms with E-state index in [1.54, 1.807) is 66.7 Å². The normalized spacial score (nSPS) is 27.0. The van der Waals surface area contributed by atoms with Gasteiger partial charge in [0.15, 0.2) is 17.1 Å². The molecule has 2 aliphatic heterocycles. The lowest BCUT2D eigenvalue weighted by molar-refractivity contribution is -0.131. The number of para-hydroxylation sites is 3. The molecule has 4 amide bonds. The first-order valence-corrected chi connectivity index (χ1v) is 17.0. The number of benzene rings is 4. The molecule has 9 rings (SSSR count). The number of aromatic nitrogens is 1. The minimum absolute atomic E-state index is 0.0946. The summed E-state index contributed by atoms with van der Waals surface area (Å²) in [6.45, 7) is 1.82. The number of hydrogen-bond donors (Lipinski definition) is 1. The first-order valence-electron chi connectivity index (χ1n) is 17.0. The Balaban J connectivity index is 1.10.